The fourth-order valence-corrected chi connectivity index (χ4v) is 4.30. The van der Waals surface area contributed by atoms with Crippen molar-refractivity contribution in [3.05, 3.63) is 68.9 Å². The Kier molecular flexibility index (Phi) is 7.70. The fourth-order valence-electron chi connectivity index (χ4n) is 3.23. The van der Waals surface area contributed by atoms with Crippen LogP contribution in [0.3, 0.4) is 0 Å². The molecular formula is C22H14ClF6N7O2S. The number of thiazole rings is 1. The number of hydrogen-bond donors (Lipinski definition) is 2. The lowest BCUT2D eigenvalue weighted by Gasteiger charge is -2.10. The lowest BCUT2D eigenvalue weighted by molar-refractivity contribution is -0.141. The number of alkyl halides is 6. The SMILES string of the molecule is C[C@@H](CC(=O)c1cc(-c2ncc(C(F)(F)F)[nH]2)ncn1)c1ncc(C(=O)Nc2cc(C(F)(F)F)c(Cl)cn2)s1. The molecule has 0 fully saturated rings. The Morgan fingerprint density at radius 3 is 2.41 bits per heavy atom. The number of nitrogens with zero attached hydrogens (tertiary/aromatic N) is 5. The molecule has 4 aromatic rings. The number of pyridine rings is 1. The molecule has 204 valence electrons. The highest BCUT2D eigenvalue weighted by atomic mass is 35.5. The van der Waals surface area contributed by atoms with Crippen molar-refractivity contribution in [2.45, 2.75) is 31.6 Å². The third kappa shape index (κ3) is 6.57. The number of amides is 1. The maximum absolute atomic E-state index is 13.0. The van der Waals surface area contributed by atoms with Crippen LogP contribution in [0.15, 0.2) is 37.1 Å². The van der Waals surface area contributed by atoms with Crippen LogP contribution in [0.5, 0.6) is 0 Å². The van der Waals surface area contributed by atoms with E-state index in [9.17, 15) is 35.9 Å². The van der Waals surface area contributed by atoms with Crippen LogP contribution in [0.1, 0.15) is 55.7 Å². The highest BCUT2D eigenvalue weighted by Gasteiger charge is 2.34. The molecule has 0 aliphatic carbocycles. The van der Waals surface area contributed by atoms with Crippen molar-refractivity contribution in [1.29, 1.82) is 0 Å². The van der Waals surface area contributed by atoms with Crippen molar-refractivity contribution in [3.8, 4) is 11.5 Å². The molecule has 4 rings (SSSR count). The zero-order valence-electron chi connectivity index (χ0n) is 19.4. The molecule has 0 aliphatic heterocycles. The van der Waals surface area contributed by atoms with Gasteiger partial charge in [0.15, 0.2) is 11.6 Å². The monoisotopic (exact) mass is 589 g/mol. The van der Waals surface area contributed by atoms with Gasteiger partial charge in [-0.05, 0) is 12.1 Å². The minimum atomic E-state index is -4.74. The summed E-state index contributed by atoms with van der Waals surface area (Å²) < 4.78 is 77.6. The Morgan fingerprint density at radius 2 is 1.74 bits per heavy atom. The van der Waals surface area contributed by atoms with E-state index >= 15 is 0 Å². The predicted octanol–water partition coefficient (Wildman–Crippen LogP) is 6.04. The molecule has 1 atom stereocenters. The molecule has 0 radical (unpaired) electrons. The summed E-state index contributed by atoms with van der Waals surface area (Å²) in [7, 11) is 0. The van der Waals surface area contributed by atoms with E-state index < -0.39 is 46.2 Å². The summed E-state index contributed by atoms with van der Waals surface area (Å²) >= 11 is 6.45. The number of H-pyrrole nitrogens is 1. The first-order valence-corrected chi connectivity index (χ1v) is 11.9. The van der Waals surface area contributed by atoms with Crippen molar-refractivity contribution in [1.82, 2.24) is 29.9 Å². The number of hydrogen-bond acceptors (Lipinski definition) is 8. The van der Waals surface area contributed by atoms with Gasteiger partial charge in [0.05, 0.1) is 28.0 Å². The molecule has 0 bridgehead atoms. The Hall–Kier alpha value is -3.92. The number of aromatic nitrogens is 6. The van der Waals surface area contributed by atoms with Gasteiger partial charge in [-0.25, -0.2) is 24.9 Å². The van der Waals surface area contributed by atoms with Gasteiger partial charge in [-0.1, -0.05) is 18.5 Å². The van der Waals surface area contributed by atoms with Gasteiger partial charge >= 0.3 is 12.4 Å². The largest absolute Gasteiger partial charge is 0.432 e. The smallest absolute Gasteiger partial charge is 0.333 e. The van der Waals surface area contributed by atoms with Crippen LogP contribution in [-0.2, 0) is 12.4 Å². The first kappa shape index (κ1) is 28.1. The van der Waals surface area contributed by atoms with Gasteiger partial charge in [-0.2, -0.15) is 26.3 Å². The van der Waals surface area contributed by atoms with E-state index in [1.807, 2.05) is 0 Å². The molecule has 2 N–H and O–H groups in total. The van der Waals surface area contributed by atoms with E-state index in [-0.39, 0.29) is 34.3 Å². The van der Waals surface area contributed by atoms with Gasteiger partial charge in [0.1, 0.15) is 34.1 Å². The lowest BCUT2D eigenvalue weighted by atomic mass is 10.0. The number of Topliss-reactive ketones (excluding diaryl/α,β-unsaturated/α-hetero) is 1. The van der Waals surface area contributed by atoms with Crippen molar-refractivity contribution >= 4 is 40.4 Å². The highest BCUT2D eigenvalue weighted by Crippen LogP contribution is 2.35. The lowest BCUT2D eigenvalue weighted by Crippen LogP contribution is -2.13. The van der Waals surface area contributed by atoms with Gasteiger partial charge < -0.3 is 10.3 Å². The van der Waals surface area contributed by atoms with Crippen LogP contribution in [0.4, 0.5) is 32.2 Å². The Labute approximate surface area is 223 Å². The average Bonchev–Trinajstić information content (AvgIpc) is 3.55. The van der Waals surface area contributed by atoms with E-state index in [2.05, 4.69) is 35.2 Å². The van der Waals surface area contributed by atoms with Crippen LogP contribution in [0.2, 0.25) is 5.02 Å². The first-order valence-electron chi connectivity index (χ1n) is 10.7. The molecule has 0 saturated carbocycles. The number of imidazole rings is 1. The minimum absolute atomic E-state index is 0.0193. The molecule has 0 saturated heterocycles. The Morgan fingerprint density at radius 1 is 1.00 bits per heavy atom. The van der Waals surface area contributed by atoms with Crippen molar-refractivity contribution in [3.63, 3.8) is 0 Å². The number of rotatable bonds is 7. The summed E-state index contributed by atoms with van der Waals surface area (Å²) in [5.74, 6) is -2.31. The molecular weight excluding hydrogens is 576 g/mol. The maximum atomic E-state index is 13.0. The molecule has 4 heterocycles. The zero-order valence-corrected chi connectivity index (χ0v) is 20.9. The molecule has 0 aliphatic rings. The summed E-state index contributed by atoms with van der Waals surface area (Å²) in [6, 6.07) is 1.80. The standard InChI is InChI=1S/C22H14ClF6N7O2S/c1-9(2-14(37)12-4-13(34-8-33-12)18-31-7-16(35-18)22(27,28)29)20-32-6-15(39-20)19(38)36-17-3-10(21(24,25)26)11(23)5-30-17/h3-9H,2H2,1H3,(H,31,35)(H,30,36,38)/t9-/m0/s1. The van der Waals surface area contributed by atoms with Gasteiger partial charge in [-0.3, -0.25) is 9.59 Å². The number of nitrogens with one attached hydrogen (secondary N) is 2. The third-order valence-corrected chi connectivity index (χ3v) is 6.67. The topological polar surface area (TPSA) is 126 Å². The zero-order chi connectivity index (χ0) is 28.5. The summed E-state index contributed by atoms with van der Waals surface area (Å²) in [4.78, 5) is 46.6. The molecule has 9 nitrogen and oxygen atoms in total. The summed E-state index contributed by atoms with van der Waals surface area (Å²) in [5.41, 5.74) is -2.32. The van der Waals surface area contributed by atoms with Crippen molar-refractivity contribution < 1.29 is 35.9 Å². The van der Waals surface area contributed by atoms with Crippen LogP contribution >= 0.6 is 22.9 Å². The maximum Gasteiger partial charge on any atom is 0.432 e. The molecule has 17 heteroatoms. The van der Waals surface area contributed by atoms with Crippen molar-refractivity contribution in [2.75, 3.05) is 5.32 Å². The predicted molar refractivity (Wildman–Crippen MR) is 126 cm³/mol. The molecule has 1 amide bonds. The summed E-state index contributed by atoms with van der Waals surface area (Å²) in [5, 5.41) is 2.01. The molecule has 0 unspecified atom stereocenters. The van der Waals surface area contributed by atoms with Gasteiger partial charge in [-0.15, -0.1) is 11.3 Å². The number of aromatic amines is 1. The normalized spacial score (nSPS) is 12.8. The quantitative estimate of drug-likeness (QED) is 0.199. The van der Waals surface area contributed by atoms with E-state index in [0.29, 0.717) is 17.3 Å². The van der Waals surface area contributed by atoms with Gasteiger partial charge in [0.25, 0.3) is 5.91 Å². The van der Waals surface area contributed by atoms with E-state index in [1.54, 1.807) is 6.92 Å². The first-order chi connectivity index (χ1) is 18.2. The molecule has 4 aromatic heterocycles. The summed E-state index contributed by atoms with van der Waals surface area (Å²) in [6.07, 6.45) is -5.90. The number of carbonyl (C=O) groups excluding carboxylic acids is 2. The van der Waals surface area contributed by atoms with Crippen LogP contribution in [0.25, 0.3) is 11.5 Å². The number of carbonyl (C=O) groups is 2. The second-order valence-corrected chi connectivity index (χ2v) is 9.49. The van der Waals surface area contributed by atoms with Gasteiger partial charge in [0, 0.05) is 18.5 Å². The van der Waals surface area contributed by atoms with Crippen LogP contribution in [-0.4, -0.2) is 41.6 Å². The molecule has 39 heavy (non-hydrogen) atoms. The number of ketones is 1. The average molecular weight is 590 g/mol. The van der Waals surface area contributed by atoms with E-state index in [1.165, 1.54) is 12.3 Å². The second kappa shape index (κ2) is 10.7. The van der Waals surface area contributed by atoms with Crippen LogP contribution in [0, 0.1) is 0 Å². The van der Waals surface area contributed by atoms with E-state index in [4.69, 9.17) is 11.6 Å². The van der Waals surface area contributed by atoms with Crippen molar-refractivity contribution in [2.24, 2.45) is 0 Å². The Bertz CT molecular complexity index is 1540. The second-order valence-electron chi connectivity index (χ2n) is 8.02. The third-order valence-electron chi connectivity index (χ3n) is 5.14. The molecule has 0 spiro atoms. The number of halogens is 7. The highest BCUT2D eigenvalue weighted by molar-refractivity contribution is 7.13. The van der Waals surface area contributed by atoms with Gasteiger partial charge in [0.2, 0.25) is 0 Å². The summed E-state index contributed by atoms with van der Waals surface area (Å²) in [6.45, 7) is 1.65. The van der Waals surface area contributed by atoms with E-state index in [0.717, 1.165) is 23.9 Å². The fraction of sp³-hybridized carbons (Fsp3) is 0.227. The Balaban J connectivity index is 1.43. The molecule has 0 aromatic carbocycles. The number of anilines is 1. The minimum Gasteiger partial charge on any atom is -0.333 e. The van der Waals surface area contributed by atoms with Crippen LogP contribution < -0.4 is 5.32 Å².